The van der Waals surface area contributed by atoms with Crippen molar-refractivity contribution in [3.63, 3.8) is 0 Å². The quantitative estimate of drug-likeness (QED) is 0.801. The van der Waals surface area contributed by atoms with E-state index in [-0.39, 0.29) is 5.54 Å². The van der Waals surface area contributed by atoms with E-state index in [0.29, 0.717) is 6.04 Å². The molecule has 1 saturated heterocycles. The topological polar surface area (TPSA) is 15.3 Å². The second-order valence-corrected chi connectivity index (χ2v) is 5.84. The number of rotatable bonds is 1. The molecule has 1 aliphatic heterocycles. The molecular formula is C15H24N2. The number of benzene rings is 1. The molecule has 1 N–H and O–H groups in total. The first-order valence-electron chi connectivity index (χ1n) is 6.57. The van der Waals surface area contributed by atoms with E-state index in [9.17, 15) is 0 Å². The van der Waals surface area contributed by atoms with Gasteiger partial charge in [0.1, 0.15) is 0 Å². The van der Waals surface area contributed by atoms with Crippen molar-refractivity contribution < 1.29 is 0 Å². The van der Waals surface area contributed by atoms with Gasteiger partial charge >= 0.3 is 0 Å². The first kappa shape index (κ1) is 12.4. The number of aryl methyl sites for hydroxylation is 1. The van der Waals surface area contributed by atoms with Gasteiger partial charge in [-0.25, -0.2) is 0 Å². The van der Waals surface area contributed by atoms with Crippen molar-refractivity contribution in [1.82, 2.24) is 5.32 Å². The van der Waals surface area contributed by atoms with E-state index in [1.807, 2.05) is 0 Å². The molecule has 2 rings (SSSR count). The number of hydrogen-bond donors (Lipinski definition) is 1. The van der Waals surface area contributed by atoms with Crippen LogP contribution in [0.15, 0.2) is 24.3 Å². The molecule has 0 amide bonds. The van der Waals surface area contributed by atoms with Crippen LogP contribution in [0.3, 0.4) is 0 Å². The second-order valence-electron chi connectivity index (χ2n) is 5.84. The summed E-state index contributed by atoms with van der Waals surface area (Å²) in [5, 5.41) is 3.54. The van der Waals surface area contributed by atoms with E-state index in [2.05, 4.69) is 62.2 Å². The monoisotopic (exact) mass is 232 g/mol. The van der Waals surface area contributed by atoms with E-state index < -0.39 is 0 Å². The summed E-state index contributed by atoms with van der Waals surface area (Å²) in [6.07, 6.45) is 1.21. The summed E-state index contributed by atoms with van der Waals surface area (Å²) in [4.78, 5) is 2.57. The van der Waals surface area contributed by atoms with Crippen molar-refractivity contribution in [3.8, 4) is 0 Å². The maximum Gasteiger partial charge on any atom is 0.0473 e. The van der Waals surface area contributed by atoms with Gasteiger partial charge in [-0.05, 0) is 58.4 Å². The fraction of sp³-hybridized carbons (Fsp3) is 0.600. The number of nitrogens with one attached hydrogen (secondary N) is 1. The molecule has 94 valence electrons. The molecule has 0 aliphatic carbocycles. The van der Waals surface area contributed by atoms with Gasteiger partial charge in [0.2, 0.25) is 0 Å². The Kier molecular flexibility index (Phi) is 3.43. The summed E-state index contributed by atoms with van der Waals surface area (Å²) in [6.45, 7) is 11.3. The molecule has 17 heavy (non-hydrogen) atoms. The molecule has 0 radical (unpaired) electrons. The lowest BCUT2D eigenvalue weighted by molar-refractivity contribution is 0.433. The molecule has 1 aromatic rings. The Bertz CT molecular complexity index is 384. The molecular weight excluding hydrogens is 208 g/mol. The van der Waals surface area contributed by atoms with Gasteiger partial charge in [-0.15, -0.1) is 0 Å². The zero-order chi connectivity index (χ0) is 12.5. The van der Waals surface area contributed by atoms with Crippen LogP contribution in [0.5, 0.6) is 0 Å². The number of nitrogens with zero attached hydrogens (tertiary/aromatic N) is 1. The third-order valence-corrected chi connectivity index (χ3v) is 3.67. The van der Waals surface area contributed by atoms with Crippen LogP contribution in [-0.4, -0.2) is 24.7 Å². The van der Waals surface area contributed by atoms with Gasteiger partial charge in [-0.2, -0.15) is 0 Å². The Morgan fingerprint density at radius 3 is 2.82 bits per heavy atom. The van der Waals surface area contributed by atoms with E-state index >= 15 is 0 Å². The zero-order valence-corrected chi connectivity index (χ0v) is 11.5. The summed E-state index contributed by atoms with van der Waals surface area (Å²) in [7, 11) is 0. The maximum atomic E-state index is 3.54. The third-order valence-electron chi connectivity index (χ3n) is 3.67. The fourth-order valence-electron chi connectivity index (χ4n) is 2.90. The Balaban J connectivity index is 2.38. The summed E-state index contributed by atoms with van der Waals surface area (Å²) >= 11 is 0. The van der Waals surface area contributed by atoms with Gasteiger partial charge in [-0.1, -0.05) is 12.1 Å². The standard InChI is InChI=1S/C15H24N2/c1-12-6-5-7-14(10-12)17-13(2)8-9-16-11-15(17,3)4/h5-7,10,13,16H,8-9,11H2,1-4H3. The van der Waals surface area contributed by atoms with Crippen molar-refractivity contribution in [2.24, 2.45) is 0 Å². The van der Waals surface area contributed by atoms with E-state index in [0.717, 1.165) is 13.1 Å². The van der Waals surface area contributed by atoms with Gasteiger partial charge in [-0.3, -0.25) is 0 Å². The van der Waals surface area contributed by atoms with E-state index in [1.54, 1.807) is 0 Å². The van der Waals surface area contributed by atoms with Crippen LogP contribution >= 0.6 is 0 Å². The average Bonchev–Trinajstić information content (AvgIpc) is 2.36. The third kappa shape index (κ3) is 2.63. The smallest absolute Gasteiger partial charge is 0.0473 e. The van der Waals surface area contributed by atoms with Crippen molar-refractivity contribution in [3.05, 3.63) is 29.8 Å². The highest BCUT2D eigenvalue weighted by Gasteiger charge is 2.32. The van der Waals surface area contributed by atoms with Gasteiger partial charge in [0.25, 0.3) is 0 Å². The van der Waals surface area contributed by atoms with Gasteiger partial charge in [0, 0.05) is 23.8 Å². The summed E-state index contributed by atoms with van der Waals surface area (Å²) in [5.74, 6) is 0. The highest BCUT2D eigenvalue weighted by Crippen LogP contribution is 2.29. The van der Waals surface area contributed by atoms with Crippen molar-refractivity contribution in [2.75, 3.05) is 18.0 Å². The second kappa shape index (κ2) is 4.69. The average molecular weight is 232 g/mol. The molecule has 1 heterocycles. The van der Waals surface area contributed by atoms with E-state index in [1.165, 1.54) is 17.7 Å². The van der Waals surface area contributed by atoms with Crippen molar-refractivity contribution in [2.45, 2.75) is 45.7 Å². The van der Waals surface area contributed by atoms with Gasteiger partial charge in [0.15, 0.2) is 0 Å². The van der Waals surface area contributed by atoms with Crippen LogP contribution < -0.4 is 10.2 Å². The predicted molar refractivity (Wildman–Crippen MR) is 74.7 cm³/mol. The first-order valence-corrected chi connectivity index (χ1v) is 6.57. The molecule has 0 spiro atoms. The lowest BCUT2D eigenvalue weighted by Crippen LogP contribution is -2.52. The highest BCUT2D eigenvalue weighted by molar-refractivity contribution is 5.52. The summed E-state index contributed by atoms with van der Waals surface area (Å²) in [5.41, 5.74) is 2.86. The Morgan fingerprint density at radius 2 is 2.12 bits per heavy atom. The van der Waals surface area contributed by atoms with Crippen molar-refractivity contribution in [1.29, 1.82) is 0 Å². The fourth-order valence-corrected chi connectivity index (χ4v) is 2.90. The molecule has 1 atom stereocenters. The molecule has 1 aromatic carbocycles. The maximum absolute atomic E-state index is 3.54. The largest absolute Gasteiger partial charge is 0.362 e. The molecule has 2 heteroatoms. The Morgan fingerprint density at radius 1 is 1.35 bits per heavy atom. The van der Waals surface area contributed by atoms with Crippen LogP contribution in [0.2, 0.25) is 0 Å². The van der Waals surface area contributed by atoms with Crippen LogP contribution in [0, 0.1) is 6.92 Å². The van der Waals surface area contributed by atoms with Crippen LogP contribution in [0.4, 0.5) is 5.69 Å². The molecule has 1 aliphatic rings. The summed E-state index contributed by atoms with van der Waals surface area (Å²) < 4.78 is 0. The lowest BCUT2D eigenvalue weighted by Gasteiger charge is -2.43. The van der Waals surface area contributed by atoms with Crippen molar-refractivity contribution >= 4 is 5.69 Å². The number of hydrogen-bond acceptors (Lipinski definition) is 2. The molecule has 0 saturated carbocycles. The molecule has 2 nitrogen and oxygen atoms in total. The van der Waals surface area contributed by atoms with E-state index in [4.69, 9.17) is 0 Å². The SMILES string of the molecule is Cc1cccc(N2C(C)CCNCC2(C)C)c1. The first-order chi connectivity index (χ1) is 8.00. The lowest BCUT2D eigenvalue weighted by atomic mass is 9.99. The zero-order valence-electron chi connectivity index (χ0n) is 11.5. The minimum atomic E-state index is 0.170. The van der Waals surface area contributed by atoms with Crippen LogP contribution in [0.25, 0.3) is 0 Å². The predicted octanol–water partition coefficient (Wildman–Crippen LogP) is 2.96. The molecule has 1 fully saturated rings. The van der Waals surface area contributed by atoms with Gasteiger partial charge in [0.05, 0.1) is 0 Å². The molecule has 0 aromatic heterocycles. The normalized spacial score (nSPS) is 24.5. The minimum Gasteiger partial charge on any atom is -0.362 e. The Labute approximate surface area is 105 Å². The highest BCUT2D eigenvalue weighted by atomic mass is 15.2. The van der Waals surface area contributed by atoms with Crippen LogP contribution in [-0.2, 0) is 0 Å². The number of anilines is 1. The molecule has 0 bridgehead atoms. The van der Waals surface area contributed by atoms with Crippen LogP contribution in [0.1, 0.15) is 32.8 Å². The summed E-state index contributed by atoms with van der Waals surface area (Å²) in [6, 6.07) is 9.44. The minimum absolute atomic E-state index is 0.170. The van der Waals surface area contributed by atoms with Gasteiger partial charge < -0.3 is 10.2 Å². The molecule has 1 unspecified atom stereocenters. The Hall–Kier alpha value is -1.02.